The predicted octanol–water partition coefficient (Wildman–Crippen LogP) is 2.35. The van der Waals surface area contributed by atoms with Gasteiger partial charge >= 0.3 is 12.1 Å². The van der Waals surface area contributed by atoms with Crippen LogP contribution in [0.25, 0.3) is 0 Å². The van der Waals surface area contributed by atoms with Crippen molar-refractivity contribution in [2.75, 3.05) is 20.1 Å². The van der Waals surface area contributed by atoms with Crippen LogP contribution >= 0.6 is 0 Å². The summed E-state index contributed by atoms with van der Waals surface area (Å²) in [6.45, 7) is -1.30. The first-order valence-corrected chi connectivity index (χ1v) is 5.32. The van der Waals surface area contributed by atoms with E-state index in [1.165, 1.54) is 7.05 Å². The Bertz CT molecular complexity index is 392. The average Bonchev–Trinajstić information content (AvgIpc) is 2.24. The van der Waals surface area contributed by atoms with Gasteiger partial charge in [0.25, 0.3) is 0 Å². The Kier molecular flexibility index (Phi) is 4.72. The molecule has 0 radical (unpaired) electrons. The SMILES string of the molecule is CN(CC(C(=O)O)c1ccccc1)CC(F)(F)F. The third kappa shape index (κ3) is 4.75. The molecule has 0 spiro atoms. The van der Waals surface area contributed by atoms with E-state index in [-0.39, 0.29) is 6.54 Å². The van der Waals surface area contributed by atoms with Crippen molar-refractivity contribution < 1.29 is 23.1 Å². The van der Waals surface area contributed by atoms with Gasteiger partial charge in [-0.15, -0.1) is 0 Å². The van der Waals surface area contributed by atoms with Gasteiger partial charge < -0.3 is 5.11 Å². The van der Waals surface area contributed by atoms with Gasteiger partial charge in [-0.05, 0) is 12.6 Å². The fourth-order valence-corrected chi connectivity index (χ4v) is 1.69. The largest absolute Gasteiger partial charge is 0.481 e. The normalized spacial score (nSPS) is 13.6. The molecule has 1 aromatic rings. The van der Waals surface area contributed by atoms with Gasteiger partial charge in [0.15, 0.2) is 0 Å². The molecule has 1 rings (SSSR count). The van der Waals surface area contributed by atoms with Gasteiger partial charge in [0.1, 0.15) is 0 Å². The van der Waals surface area contributed by atoms with Crippen LogP contribution in [-0.2, 0) is 4.79 Å². The molecule has 0 aliphatic rings. The number of carboxylic acids is 1. The Morgan fingerprint density at radius 3 is 2.33 bits per heavy atom. The molecular formula is C12H14F3NO2. The Labute approximate surface area is 103 Å². The minimum Gasteiger partial charge on any atom is -0.481 e. The van der Waals surface area contributed by atoms with Crippen LogP contribution < -0.4 is 0 Å². The first kappa shape index (κ1) is 14.5. The van der Waals surface area contributed by atoms with Crippen molar-refractivity contribution in [2.45, 2.75) is 12.1 Å². The van der Waals surface area contributed by atoms with Crippen LogP contribution in [0.1, 0.15) is 11.5 Å². The molecule has 0 saturated carbocycles. The fraction of sp³-hybridized carbons (Fsp3) is 0.417. The van der Waals surface area contributed by atoms with Crippen molar-refractivity contribution in [1.82, 2.24) is 4.90 Å². The lowest BCUT2D eigenvalue weighted by molar-refractivity contribution is -0.148. The zero-order valence-corrected chi connectivity index (χ0v) is 9.81. The van der Waals surface area contributed by atoms with E-state index < -0.39 is 24.6 Å². The second-order valence-electron chi connectivity index (χ2n) is 4.11. The number of nitrogens with zero attached hydrogens (tertiary/aromatic N) is 1. The number of aliphatic carboxylic acids is 1. The lowest BCUT2D eigenvalue weighted by Gasteiger charge is -2.22. The Morgan fingerprint density at radius 2 is 1.89 bits per heavy atom. The molecule has 0 heterocycles. The highest BCUT2D eigenvalue weighted by Gasteiger charge is 2.31. The summed E-state index contributed by atoms with van der Waals surface area (Å²) in [5.74, 6) is -2.09. The topological polar surface area (TPSA) is 40.5 Å². The molecule has 0 fully saturated rings. The van der Waals surface area contributed by atoms with Crippen molar-refractivity contribution in [1.29, 1.82) is 0 Å². The standard InChI is InChI=1S/C12H14F3NO2/c1-16(8-12(13,14)15)7-10(11(17)18)9-5-3-2-4-6-9/h2-6,10H,7-8H2,1H3,(H,17,18). The van der Waals surface area contributed by atoms with Crippen LogP contribution in [0.3, 0.4) is 0 Å². The van der Waals surface area contributed by atoms with E-state index in [2.05, 4.69) is 0 Å². The number of carboxylic acid groups (broad SMARTS) is 1. The molecule has 0 aliphatic heterocycles. The quantitative estimate of drug-likeness (QED) is 0.884. The maximum atomic E-state index is 12.2. The number of likely N-dealkylation sites (N-methyl/N-ethyl adjacent to an activating group) is 1. The number of hydrogen-bond acceptors (Lipinski definition) is 2. The molecule has 100 valence electrons. The van der Waals surface area contributed by atoms with Crippen molar-refractivity contribution in [3.05, 3.63) is 35.9 Å². The molecule has 1 aromatic carbocycles. The highest BCUT2D eigenvalue weighted by atomic mass is 19.4. The van der Waals surface area contributed by atoms with Gasteiger partial charge in [0.2, 0.25) is 0 Å². The highest BCUT2D eigenvalue weighted by Crippen LogP contribution is 2.20. The fourth-order valence-electron chi connectivity index (χ4n) is 1.69. The van der Waals surface area contributed by atoms with Crippen molar-refractivity contribution in [2.24, 2.45) is 0 Å². The van der Waals surface area contributed by atoms with Gasteiger partial charge in [0.05, 0.1) is 12.5 Å². The third-order valence-corrected chi connectivity index (χ3v) is 2.44. The van der Waals surface area contributed by atoms with Gasteiger partial charge in [-0.2, -0.15) is 13.2 Å². The van der Waals surface area contributed by atoms with E-state index in [9.17, 15) is 18.0 Å². The predicted molar refractivity (Wildman–Crippen MR) is 60.4 cm³/mol. The number of halogens is 3. The molecule has 0 saturated heterocycles. The van der Waals surface area contributed by atoms with Crippen LogP contribution in [0.5, 0.6) is 0 Å². The lowest BCUT2D eigenvalue weighted by atomic mass is 9.99. The smallest absolute Gasteiger partial charge is 0.401 e. The molecule has 1 unspecified atom stereocenters. The van der Waals surface area contributed by atoms with Crippen molar-refractivity contribution >= 4 is 5.97 Å². The molecule has 0 amide bonds. The zero-order valence-electron chi connectivity index (χ0n) is 9.81. The number of carbonyl (C=O) groups is 1. The molecule has 1 atom stereocenters. The molecule has 3 nitrogen and oxygen atoms in total. The third-order valence-electron chi connectivity index (χ3n) is 2.44. The van der Waals surface area contributed by atoms with Crippen molar-refractivity contribution in [3.8, 4) is 0 Å². The molecule has 1 N–H and O–H groups in total. The molecule has 0 aliphatic carbocycles. The Hall–Kier alpha value is -1.56. The molecular weight excluding hydrogens is 247 g/mol. The number of rotatable bonds is 5. The lowest BCUT2D eigenvalue weighted by Crippen LogP contribution is -2.36. The van der Waals surface area contributed by atoms with Crippen LogP contribution in [-0.4, -0.2) is 42.3 Å². The van der Waals surface area contributed by atoms with Crippen LogP contribution in [0.4, 0.5) is 13.2 Å². The van der Waals surface area contributed by atoms with E-state index in [1.807, 2.05) is 0 Å². The number of alkyl halides is 3. The van der Waals surface area contributed by atoms with E-state index in [0.717, 1.165) is 4.90 Å². The van der Waals surface area contributed by atoms with E-state index in [0.29, 0.717) is 5.56 Å². The van der Waals surface area contributed by atoms with E-state index >= 15 is 0 Å². The van der Waals surface area contributed by atoms with Gasteiger partial charge in [0, 0.05) is 6.54 Å². The summed E-state index contributed by atoms with van der Waals surface area (Å²) < 4.78 is 36.5. The van der Waals surface area contributed by atoms with Crippen molar-refractivity contribution in [3.63, 3.8) is 0 Å². The monoisotopic (exact) mass is 261 g/mol. The van der Waals surface area contributed by atoms with Crippen LogP contribution in [0, 0.1) is 0 Å². The summed E-state index contributed by atoms with van der Waals surface area (Å²) in [7, 11) is 1.26. The second-order valence-corrected chi connectivity index (χ2v) is 4.11. The van der Waals surface area contributed by atoms with Crippen LogP contribution in [0.2, 0.25) is 0 Å². The summed E-state index contributed by atoms with van der Waals surface area (Å²) in [6, 6.07) is 8.24. The number of hydrogen-bond donors (Lipinski definition) is 1. The number of benzene rings is 1. The van der Waals surface area contributed by atoms with E-state index in [4.69, 9.17) is 5.11 Å². The van der Waals surface area contributed by atoms with Gasteiger partial charge in [-0.1, -0.05) is 30.3 Å². The summed E-state index contributed by atoms with van der Waals surface area (Å²) >= 11 is 0. The summed E-state index contributed by atoms with van der Waals surface area (Å²) in [6.07, 6.45) is -4.32. The first-order valence-electron chi connectivity index (χ1n) is 5.32. The maximum absolute atomic E-state index is 12.2. The van der Waals surface area contributed by atoms with E-state index in [1.54, 1.807) is 30.3 Å². The molecule has 0 aromatic heterocycles. The second kappa shape index (κ2) is 5.86. The average molecular weight is 261 g/mol. The Morgan fingerprint density at radius 1 is 1.33 bits per heavy atom. The maximum Gasteiger partial charge on any atom is 0.401 e. The summed E-state index contributed by atoms with van der Waals surface area (Å²) in [5, 5.41) is 9.07. The minimum atomic E-state index is -4.32. The zero-order chi connectivity index (χ0) is 13.8. The van der Waals surface area contributed by atoms with Gasteiger partial charge in [-0.25, -0.2) is 0 Å². The minimum absolute atomic E-state index is 0.182. The highest BCUT2D eigenvalue weighted by molar-refractivity contribution is 5.76. The summed E-state index contributed by atoms with van der Waals surface area (Å²) in [4.78, 5) is 12.1. The molecule has 18 heavy (non-hydrogen) atoms. The van der Waals surface area contributed by atoms with Crippen LogP contribution in [0.15, 0.2) is 30.3 Å². The molecule has 6 heteroatoms. The Balaban J connectivity index is 2.74. The van der Waals surface area contributed by atoms with Gasteiger partial charge in [-0.3, -0.25) is 9.69 Å². The summed E-state index contributed by atoms with van der Waals surface area (Å²) in [5.41, 5.74) is 0.499. The first-order chi connectivity index (χ1) is 8.29. The molecule has 0 bridgehead atoms.